The summed E-state index contributed by atoms with van der Waals surface area (Å²) in [5.41, 5.74) is 1.82. The van der Waals surface area contributed by atoms with Gasteiger partial charge in [0.15, 0.2) is 0 Å². The van der Waals surface area contributed by atoms with Gasteiger partial charge in [-0.25, -0.2) is 0 Å². The number of imide groups is 1. The third kappa shape index (κ3) is 8.65. The van der Waals surface area contributed by atoms with Gasteiger partial charge in [0.2, 0.25) is 29.5 Å². The van der Waals surface area contributed by atoms with E-state index in [1.54, 1.807) is 0 Å². The molecule has 1 aromatic carbocycles. The number of benzene rings is 1. The van der Waals surface area contributed by atoms with Crippen molar-refractivity contribution in [3.63, 3.8) is 0 Å². The molecular formula is C24H35BN4O5. The maximum absolute atomic E-state index is 12.3. The molecule has 0 saturated carbocycles. The summed E-state index contributed by atoms with van der Waals surface area (Å²) < 4.78 is 0. The molecule has 1 heterocycles. The van der Waals surface area contributed by atoms with E-state index in [0.717, 1.165) is 6.32 Å². The van der Waals surface area contributed by atoms with E-state index in [2.05, 4.69) is 16.0 Å². The molecule has 5 amide bonds. The molecule has 34 heavy (non-hydrogen) atoms. The van der Waals surface area contributed by atoms with Crippen LogP contribution in [0.25, 0.3) is 0 Å². The highest BCUT2D eigenvalue weighted by Gasteiger charge is 2.39. The van der Waals surface area contributed by atoms with Crippen LogP contribution in [0.15, 0.2) is 24.3 Å². The minimum absolute atomic E-state index is 0.0909. The highest BCUT2D eigenvalue weighted by molar-refractivity contribution is 6.08. The van der Waals surface area contributed by atoms with Crippen LogP contribution < -0.4 is 16.0 Å². The van der Waals surface area contributed by atoms with Crippen LogP contribution >= 0.6 is 0 Å². The number of hydrogen-bond donors (Lipinski definition) is 3. The Morgan fingerprint density at radius 2 is 1.62 bits per heavy atom. The lowest BCUT2D eigenvalue weighted by atomic mass is 9.94. The Morgan fingerprint density at radius 1 is 0.971 bits per heavy atom. The standard InChI is InChI=1S/C24H35BN4O5/c1-16(2)19-12-23(33)29(24(19)34)11-5-3-4-6-20(30)26-14-21(31)27-15-22(32)28-18-9-7-17(13-25)8-10-18/h7-10,16,19H,3-6,11-15,25H2,1-2H3,(H,26,30)(H,27,31)(H,28,32). The number of carbonyl (C=O) groups excluding carboxylic acids is 5. The minimum Gasteiger partial charge on any atom is -0.347 e. The first-order valence-corrected chi connectivity index (χ1v) is 12.0. The zero-order chi connectivity index (χ0) is 25.1. The lowest BCUT2D eigenvalue weighted by molar-refractivity contribution is -0.139. The fourth-order valence-corrected chi connectivity index (χ4v) is 3.73. The molecule has 3 N–H and O–H groups in total. The van der Waals surface area contributed by atoms with E-state index < -0.39 is 5.91 Å². The van der Waals surface area contributed by atoms with Gasteiger partial charge in [0.1, 0.15) is 7.85 Å². The molecule has 1 aromatic rings. The largest absolute Gasteiger partial charge is 0.347 e. The second-order valence-corrected chi connectivity index (χ2v) is 8.90. The quantitative estimate of drug-likeness (QED) is 0.221. The highest BCUT2D eigenvalue weighted by Crippen LogP contribution is 2.26. The van der Waals surface area contributed by atoms with Crippen molar-refractivity contribution in [1.29, 1.82) is 0 Å². The van der Waals surface area contributed by atoms with Crippen LogP contribution in [0.5, 0.6) is 0 Å². The molecule has 0 aliphatic carbocycles. The summed E-state index contributed by atoms with van der Waals surface area (Å²) in [4.78, 5) is 61.4. The molecule has 1 unspecified atom stereocenters. The van der Waals surface area contributed by atoms with E-state index >= 15 is 0 Å². The molecule has 1 saturated heterocycles. The first-order valence-electron chi connectivity index (χ1n) is 12.0. The smallest absolute Gasteiger partial charge is 0.243 e. The number of carbonyl (C=O) groups is 5. The molecular weight excluding hydrogens is 435 g/mol. The Balaban J connectivity index is 1.54. The Hall–Kier alpha value is -3.17. The van der Waals surface area contributed by atoms with Crippen LogP contribution in [-0.2, 0) is 30.3 Å². The Morgan fingerprint density at radius 3 is 2.24 bits per heavy atom. The average Bonchev–Trinajstić information content (AvgIpc) is 3.10. The van der Waals surface area contributed by atoms with Crippen LogP contribution in [0.4, 0.5) is 5.69 Å². The number of hydrogen-bond acceptors (Lipinski definition) is 5. The van der Waals surface area contributed by atoms with Crippen molar-refractivity contribution >= 4 is 43.1 Å². The number of anilines is 1. The van der Waals surface area contributed by atoms with Gasteiger partial charge < -0.3 is 16.0 Å². The van der Waals surface area contributed by atoms with E-state index in [1.165, 1.54) is 10.5 Å². The summed E-state index contributed by atoms with van der Waals surface area (Å²) in [6.07, 6.45) is 3.38. The molecule has 184 valence electrons. The summed E-state index contributed by atoms with van der Waals surface area (Å²) in [5.74, 6) is -1.34. The van der Waals surface area contributed by atoms with Gasteiger partial charge in [-0.1, -0.05) is 44.3 Å². The molecule has 0 aromatic heterocycles. The lowest BCUT2D eigenvalue weighted by Crippen LogP contribution is -2.40. The number of nitrogens with zero attached hydrogens (tertiary/aromatic N) is 1. The number of rotatable bonds is 13. The zero-order valence-corrected chi connectivity index (χ0v) is 20.3. The summed E-state index contributed by atoms with van der Waals surface area (Å²) in [5, 5.41) is 7.70. The molecule has 2 rings (SSSR count). The van der Waals surface area contributed by atoms with E-state index in [9.17, 15) is 24.0 Å². The van der Waals surface area contributed by atoms with Crippen molar-refractivity contribution in [3.05, 3.63) is 29.8 Å². The second kappa shape index (κ2) is 13.5. The van der Waals surface area contributed by atoms with Crippen molar-refractivity contribution in [2.24, 2.45) is 11.8 Å². The maximum Gasteiger partial charge on any atom is 0.243 e. The predicted molar refractivity (Wildman–Crippen MR) is 131 cm³/mol. The van der Waals surface area contributed by atoms with Gasteiger partial charge in [-0.3, -0.25) is 28.9 Å². The van der Waals surface area contributed by atoms with Gasteiger partial charge in [-0.2, -0.15) is 0 Å². The normalized spacial score (nSPS) is 15.5. The van der Waals surface area contributed by atoms with Gasteiger partial charge in [-0.05, 0) is 30.9 Å². The number of unbranched alkanes of at least 4 members (excludes halogenated alkanes) is 2. The first-order chi connectivity index (χ1) is 16.2. The first kappa shape index (κ1) is 27.1. The van der Waals surface area contributed by atoms with E-state index in [-0.39, 0.29) is 61.4 Å². The Labute approximate surface area is 201 Å². The Bertz CT molecular complexity index is 888. The molecule has 1 aliphatic heterocycles. The summed E-state index contributed by atoms with van der Waals surface area (Å²) in [6.45, 7) is 3.88. The van der Waals surface area contributed by atoms with Crippen molar-refractivity contribution in [1.82, 2.24) is 15.5 Å². The molecule has 10 heteroatoms. The third-order valence-electron chi connectivity index (χ3n) is 5.91. The number of likely N-dealkylation sites (tertiary alicyclic amines) is 1. The van der Waals surface area contributed by atoms with Crippen LogP contribution in [-0.4, -0.2) is 61.9 Å². The predicted octanol–water partition coefficient (Wildman–Crippen LogP) is 0.582. The van der Waals surface area contributed by atoms with Crippen molar-refractivity contribution in [2.45, 2.75) is 52.3 Å². The lowest BCUT2D eigenvalue weighted by Gasteiger charge is -2.16. The molecule has 9 nitrogen and oxygen atoms in total. The fraction of sp³-hybridized carbons (Fsp3) is 0.542. The monoisotopic (exact) mass is 470 g/mol. The van der Waals surface area contributed by atoms with Crippen LogP contribution in [0, 0.1) is 11.8 Å². The summed E-state index contributed by atoms with van der Waals surface area (Å²) >= 11 is 0. The zero-order valence-electron chi connectivity index (χ0n) is 20.3. The fourth-order valence-electron chi connectivity index (χ4n) is 3.73. The third-order valence-corrected chi connectivity index (χ3v) is 5.91. The number of nitrogens with one attached hydrogen (secondary N) is 3. The maximum atomic E-state index is 12.3. The summed E-state index contributed by atoms with van der Waals surface area (Å²) in [7, 11) is 2.05. The highest BCUT2D eigenvalue weighted by atomic mass is 16.2. The van der Waals surface area contributed by atoms with Crippen molar-refractivity contribution < 1.29 is 24.0 Å². The van der Waals surface area contributed by atoms with Crippen molar-refractivity contribution in [2.75, 3.05) is 25.0 Å². The van der Waals surface area contributed by atoms with Crippen LogP contribution in [0.2, 0.25) is 0 Å². The molecule has 1 aliphatic rings. The minimum atomic E-state index is -0.449. The van der Waals surface area contributed by atoms with E-state index in [1.807, 2.05) is 46.0 Å². The van der Waals surface area contributed by atoms with Crippen LogP contribution in [0.1, 0.15) is 51.5 Å². The van der Waals surface area contributed by atoms with E-state index in [0.29, 0.717) is 31.5 Å². The molecule has 0 bridgehead atoms. The van der Waals surface area contributed by atoms with Gasteiger partial charge in [0, 0.05) is 31.0 Å². The van der Waals surface area contributed by atoms with Gasteiger partial charge >= 0.3 is 0 Å². The molecule has 1 fully saturated rings. The van der Waals surface area contributed by atoms with Gasteiger partial charge in [0.25, 0.3) is 0 Å². The SMILES string of the molecule is BCc1ccc(NC(=O)CNC(=O)CNC(=O)CCCCCN2C(=O)CC(C(C)C)C2=O)cc1. The summed E-state index contributed by atoms with van der Waals surface area (Å²) in [6, 6.07) is 7.47. The van der Waals surface area contributed by atoms with Crippen molar-refractivity contribution in [3.8, 4) is 0 Å². The topological polar surface area (TPSA) is 125 Å². The van der Waals surface area contributed by atoms with Crippen LogP contribution in [0.3, 0.4) is 0 Å². The average molecular weight is 470 g/mol. The molecule has 0 spiro atoms. The second-order valence-electron chi connectivity index (χ2n) is 8.90. The van der Waals surface area contributed by atoms with Gasteiger partial charge in [0.05, 0.1) is 13.1 Å². The number of amides is 5. The van der Waals surface area contributed by atoms with Gasteiger partial charge in [-0.15, -0.1) is 0 Å². The Kier molecular flexibility index (Phi) is 10.8. The molecule has 0 radical (unpaired) electrons. The van der Waals surface area contributed by atoms with E-state index in [4.69, 9.17) is 0 Å². The molecule has 1 atom stereocenters.